The van der Waals surface area contributed by atoms with E-state index in [0.717, 1.165) is 5.56 Å². The molecule has 1 fully saturated rings. The number of hydrogen-bond donors (Lipinski definition) is 1. The Balaban J connectivity index is 1.95. The van der Waals surface area contributed by atoms with Crippen LogP contribution in [0.1, 0.15) is 18.9 Å². The molecule has 2 atom stereocenters. The van der Waals surface area contributed by atoms with Crippen LogP contribution in [0.15, 0.2) is 30.3 Å². The molecule has 1 aliphatic heterocycles. The van der Waals surface area contributed by atoms with Gasteiger partial charge in [0, 0.05) is 6.54 Å². The van der Waals surface area contributed by atoms with Gasteiger partial charge < -0.3 is 9.84 Å². The molecular formula is C14H17NO4. The molecule has 0 unspecified atom stereocenters. The van der Waals surface area contributed by atoms with E-state index in [0.29, 0.717) is 13.0 Å². The number of carboxylic acid groups (broad SMARTS) is 1. The van der Waals surface area contributed by atoms with Crippen molar-refractivity contribution in [3.63, 3.8) is 0 Å². The number of carbonyl (C=O) groups is 2. The molecule has 0 bridgehead atoms. The maximum Gasteiger partial charge on any atom is 0.410 e. The van der Waals surface area contributed by atoms with Gasteiger partial charge in [0.2, 0.25) is 0 Å². The summed E-state index contributed by atoms with van der Waals surface area (Å²) in [4.78, 5) is 24.4. The zero-order valence-electron chi connectivity index (χ0n) is 10.8. The van der Waals surface area contributed by atoms with Gasteiger partial charge in [-0.25, -0.2) is 9.59 Å². The largest absolute Gasteiger partial charge is 0.480 e. The lowest BCUT2D eigenvalue weighted by atomic mass is 10.0. The van der Waals surface area contributed by atoms with Gasteiger partial charge in [-0.15, -0.1) is 0 Å². The van der Waals surface area contributed by atoms with Crippen LogP contribution in [0.2, 0.25) is 0 Å². The lowest BCUT2D eigenvalue weighted by molar-refractivity contribution is -0.142. The van der Waals surface area contributed by atoms with E-state index in [2.05, 4.69) is 0 Å². The Kier molecular flexibility index (Phi) is 4.04. The standard InChI is InChI=1S/C14H17NO4/c1-10-7-8-15(12(10)13(16)17)14(18)19-9-11-5-3-2-4-6-11/h2-6,10,12H,7-9H2,1H3,(H,16,17)/t10-,12-/m1/s1. The minimum absolute atomic E-state index is 0.0400. The first-order valence-electron chi connectivity index (χ1n) is 6.29. The Morgan fingerprint density at radius 1 is 1.37 bits per heavy atom. The summed E-state index contributed by atoms with van der Waals surface area (Å²) < 4.78 is 5.16. The lowest BCUT2D eigenvalue weighted by Crippen LogP contribution is -2.42. The van der Waals surface area contributed by atoms with Crippen LogP contribution >= 0.6 is 0 Å². The maximum atomic E-state index is 11.9. The summed E-state index contributed by atoms with van der Waals surface area (Å²) in [5.74, 6) is -1.01. The Labute approximate surface area is 111 Å². The molecule has 1 aliphatic rings. The Bertz CT molecular complexity index is 460. The van der Waals surface area contributed by atoms with Crippen LogP contribution in [-0.2, 0) is 16.1 Å². The number of benzene rings is 1. The highest BCUT2D eigenvalue weighted by atomic mass is 16.6. The summed E-state index contributed by atoms with van der Waals surface area (Å²) in [6.07, 6.45) is 0.137. The summed E-state index contributed by atoms with van der Waals surface area (Å²) in [5.41, 5.74) is 0.884. The third-order valence-corrected chi connectivity index (χ3v) is 3.39. The number of likely N-dealkylation sites (tertiary alicyclic amines) is 1. The number of amides is 1. The van der Waals surface area contributed by atoms with Crippen molar-refractivity contribution >= 4 is 12.1 Å². The van der Waals surface area contributed by atoms with Gasteiger partial charge in [-0.1, -0.05) is 37.3 Å². The summed E-state index contributed by atoms with van der Waals surface area (Å²) in [6, 6.07) is 8.54. The average molecular weight is 263 g/mol. The van der Waals surface area contributed by atoms with E-state index in [9.17, 15) is 9.59 Å². The van der Waals surface area contributed by atoms with Gasteiger partial charge in [-0.2, -0.15) is 0 Å². The Morgan fingerprint density at radius 3 is 2.68 bits per heavy atom. The van der Waals surface area contributed by atoms with Crippen molar-refractivity contribution < 1.29 is 19.4 Å². The molecule has 5 nitrogen and oxygen atoms in total. The molecule has 1 N–H and O–H groups in total. The molecule has 0 radical (unpaired) electrons. The third-order valence-electron chi connectivity index (χ3n) is 3.39. The topological polar surface area (TPSA) is 66.8 Å². The van der Waals surface area contributed by atoms with Crippen LogP contribution in [0.25, 0.3) is 0 Å². The predicted molar refractivity (Wildman–Crippen MR) is 68.5 cm³/mol. The molecule has 2 rings (SSSR count). The third kappa shape index (κ3) is 3.05. The molecule has 0 aromatic heterocycles. The van der Waals surface area contributed by atoms with Crippen molar-refractivity contribution in [3.05, 3.63) is 35.9 Å². The van der Waals surface area contributed by atoms with Gasteiger partial charge >= 0.3 is 12.1 Å². The Morgan fingerprint density at radius 2 is 2.05 bits per heavy atom. The molecule has 5 heteroatoms. The molecule has 102 valence electrons. The molecular weight excluding hydrogens is 246 g/mol. The zero-order valence-corrected chi connectivity index (χ0v) is 10.8. The van der Waals surface area contributed by atoms with Crippen molar-refractivity contribution in [1.29, 1.82) is 0 Å². The first-order valence-corrected chi connectivity index (χ1v) is 6.29. The smallest absolute Gasteiger partial charge is 0.410 e. The SMILES string of the molecule is C[C@@H]1CCN(C(=O)OCc2ccccc2)[C@H]1C(=O)O. The van der Waals surface area contributed by atoms with Crippen molar-refractivity contribution in [2.45, 2.75) is 26.0 Å². The van der Waals surface area contributed by atoms with E-state index in [1.807, 2.05) is 37.3 Å². The highest BCUT2D eigenvalue weighted by molar-refractivity contribution is 5.81. The molecule has 1 saturated heterocycles. The molecule has 1 amide bonds. The van der Waals surface area contributed by atoms with Gasteiger partial charge in [0.1, 0.15) is 12.6 Å². The Hall–Kier alpha value is -2.04. The second-order valence-corrected chi connectivity index (χ2v) is 4.78. The molecule has 1 aromatic carbocycles. The van der Waals surface area contributed by atoms with E-state index < -0.39 is 18.1 Å². The molecule has 0 saturated carbocycles. The molecule has 0 spiro atoms. The van der Waals surface area contributed by atoms with Crippen LogP contribution < -0.4 is 0 Å². The highest BCUT2D eigenvalue weighted by Crippen LogP contribution is 2.25. The predicted octanol–water partition coefficient (Wildman–Crippen LogP) is 2.12. The van der Waals surface area contributed by atoms with E-state index in [-0.39, 0.29) is 12.5 Å². The van der Waals surface area contributed by atoms with Crippen molar-refractivity contribution in [1.82, 2.24) is 4.90 Å². The minimum atomic E-state index is -0.971. The van der Waals surface area contributed by atoms with Crippen LogP contribution in [0, 0.1) is 5.92 Å². The van der Waals surface area contributed by atoms with E-state index in [1.165, 1.54) is 4.90 Å². The van der Waals surface area contributed by atoms with Gasteiger partial charge in [0.15, 0.2) is 0 Å². The zero-order chi connectivity index (χ0) is 13.8. The van der Waals surface area contributed by atoms with Crippen LogP contribution in [0.5, 0.6) is 0 Å². The van der Waals surface area contributed by atoms with Crippen molar-refractivity contribution in [2.24, 2.45) is 5.92 Å². The van der Waals surface area contributed by atoms with Crippen LogP contribution in [-0.4, -0.2) is 34.7 Å². The summed E-state index contributed by atoms with van der Waals surface area (Å²) in [7, 11) is 0. The first kappa shape index (κ1) is 13.4. The number of aliphatic carboxylic acids is 1. The molecule has 19 heavy (non-hydrogen) atoms. The van der Waals surface area contributed by atoms with Gasteiger partial charge in [-0.3, -0.25) is 4.90 Å². The number of rotatable bonds is 3. The fourth-order valence-corrected chi connectivity index (χ4v) is 2.33. The number of carboxylic acids is 1. The monoisotopic (exact) mass is 263 g/mol. The second-order valence-electron chi connectivity index (χ2n) is 4.78. The minimum Gasteiger partial charge on any atom is -0.480 e. The number of carbonyl (C=O) groups excluding carboxylic acids is 1. The summed E-state index contributed by atoms with van der Waals surface area (Å²) in [5, 5.41) is 9.14. The van der Waals surface area contributed by atoms with Gasteiger partial charge in [-0.05, 0) is 17.9 Å². The molecule has 1 aromatic rings. The highest BCUT2D eigenvalue weighted by Gasteiger charge is 2.40. The quantitative estimate of drug-likeness (QED) is 0.907. The van der Waals surface area contributed by atoms with Gasteiger partial charge in [0.25, 0.3) is 0 Å². The molecule has 0 aliphatic carbocycles. The normalized spacial score (nSPS) is 22.3. The summed E-state index contributed by atoms with van der Waals surface area (Å²) >= 11 is 0. The number of nitrogens with zero attached hydrogens (tertiary/aromatic N) is 1. The van der Waals surface area contributed by atoms with Crippen LogP contribution in [0.4, 0.5) is 4.79 Å². The second kappa shape index (κ2) is 5.73. The van der Waals surface area contributed by atoms with E-state index in [4.69, 9.17) is 9.84 Å². The van der Waals surface area contributed by atoms with Crippen molar-refractivity contribution in [3.8, 4) is 0 Å². The maximum absolute atomic E-state index is 11.9. The fraction of sp³-hybridized carbons (Fsp3) is 0.429. The van der Waals surface area contributed by atoms with E-state index in [1.54, 1.807) is 0 Å². The van der Waals surface area contributed by atoms with E-state index >= 15 is 0 Å². The average Bonchev–Trinajstić information content (AvgIpc) is 2.79. The fourth-order valence-electron chi connectivity index (χ4n) is 2.33. The van der Waals surface area contributed by atoms with Crippen LogP contribution in [0.3, 0.4) is 0 Å². The number of hydrogen-bond acceptors (Lipinski definition) is 3. The van der Waals surface area contributed by atoms with Gasteiger partial charge in [0.05, 0.1) is 0 Å². The summed E-state index contributed by atoms with van der Waals surface area (Å²) in [6.45, 7) is 2.44. The number of ether oxygens (including phenoxy) is 1. The molecule has 1 heterocycles. The lowest BCUT2D eigenvalue weighted by Gasteiger charge is -2.22. The first-order chi connectivity index (χ1) is 9.09. The van der Waals surface area contributed by atoms with Crippen molar-refractivity contribution in [2.75, 3.05) is 6.54 Å².